The van der Waals surface area contributed by atoms with Crippen LogP contribution in [-0.4, -0.2) is 67.1 Å². The fraction of sp³-hybridized carbons (Fsp3) is 0.471. The molecule has 0 atom stereocenters. The third-order valence-electron chi connectivity index (χ3n) is 4.13. The van der Waals surface area contributed by atoms with Crippen molar-refractivity contribution in [3.8, 4) is 0 Å². The average Bonchev–Trinajstić information content (AvgIpc) is 2.61. The number of amides is 1. The quantitative estimate of drug-likeness (QED) is 0.729. The van der Waals surface area contributed by atoms with Gasteiger partial charge >= 0.3 is 0 Å². The lowest BCUT2D eigenvalue weighted by Gasteiger charge is -2.35. The number of piperazine rings is 1. The van der Waals surface area contributed by atoms with Gasteiger partial charge in [0.05, 0.1) is 0 Å². The van der Waals surface area contributed by atoms with Crippen molar-refractivity contribution in [2.75, 3.05) is 39.3 Å². The zero-order valence-corrected chi connectivity index (χ0v) is 15.1. The summed E-state index contributed by atoms with van der Waals surface area (Å²) in [7, 11) is -3.42. The van der Waals surface area contributed by atoms with Crippen LogP contribution in [0.3, 0.4) is 0 Å². The van der Waals surface area contributed by atoms with E-state index in [4.69, 9.17) is 0 Å². The molecule has 1 aliphatic heterocycles. The van der Waals surface area contributed by atoms with Gasteiger partial charge in [-0.3, -0.25) is 4.79 Å². The molecule has 2 rings (SSSR count). The smallest absolute Gasteiger partial charge is 0.282 e. The Kier molecular flexibility index (Phi) is 6.53. The molecule has 1 fully saturated rings. The van der Waals surface area contributed by atoms with Crippen LogP contribution in [0.15, 0.2) is 36.4 Å². The molecule has 24 heavy (non-hydrogen) atoms. The van der Waals surface area contributed by atoms with Crippen molar-refractivity contribution in [3.63, 3.8) is 0 Å². The molecule has 6 nitrogen and oxygen atoms in total. The molecule has 0 bridgehead atoms. The van der Waals surface area contributed by atoms with Crippen LogP contribution in [0.2, 0.25) is 0 Å². The number of nitrogens with zero attached hydrogens (tertiary/aromatic N) is 3. The summed E-state index contributed by atoms with van der Waals surface area (Å²) in [5.41, 5.74) is 0.966. The Labute approximate surface area is 144 Å². The lowest BCUT2D eigenvalue weighted by molar-refractivity contribution is -0.127. The van der Waals surface area contributed by atoms with E-state index in [0.29, 0.717) is 39.3 Å². The second-order valence-electron chi connectivity index (χ2n) is 5.56. The molecular formula is C17H25N3O3S. The molecular weight excluding hydrogens is 326 g/mol. The highest BCUT2D eigenvalue weighted by atomic mass is 32.2. The summed E-state index contributed by atoms with van der Waals surface area (Å²) >= 11 is 0. The SMILES string of the molecule is CCN(CC)S(=O)(=O)N1CCN(C(=O)/C=C/c2ccccc2)CC1. The monoisotopic (exact) mass is 351 g/mol. The van der Waals surface area contributed by atoms with E-state index in [-0.39, 0.29) is 5.91 Å². The molecule has 0 aromatic heterocycles. The van der Waals surface area contributed by atoms with Crippen molar-refractivity contribution in [2.24, 2.45) is 0 Å². The number of hydrogen-bond acceptors (Lipinski definition) is 3. The normalized spacial score (nSPS) is 16.9. The lowest BCUT2D eigenvalue weighted by atomic mass is 10.2. The van der Waals surface area contributed by atoms with E-state index in [1.54, 1.807) is 17.1 Å². The summed E-state index contributed by atoms with van der Waals surface area (Å²) < 4.78 is 27.8. The van der Waals surface area contributed by atoms with Gasteiger partial charge in [0.1, 0.15) is 0 Å². The number of benzene rings is 1. The predicted octanol–water partition coefficient (Wildman–Crippen LogP) is 1.43. The minimum Gasteiger partial charge on any atom is -0.337 e. The molecule has 7 heteroatoms. The first-order chi connectivity index (χ1) is 11.5. The molecule has 1 aromatic carbocycles. The summed E-state index contributed by atoms with van der Waals surface area (Å²) in [5, 5.41) is 0. The van der Waals surface area contributed by atoms with Crippen LogP contribution in [0.25, 0.3) is 6.08 Å². The van der Waals surface area contributed by atoms with E-state index in [9.17, 15) is 13.2 Å². The molecule has 1 amide bonds. The molecule has 0 radical (unpaired) electrons. The summed E-state index contributed by atoms with van der Waals surface area (Å²) in [6, 6.07) is 9.62. The molecule has 1 saturated heterocycles. The van der Waals surface area contributed by atoms with Gasteiger partial charge in [-0.1, -0.05) is 44.2 Å². The maximum absolute atomic E-state index is 12.5. The standard InChI is InChI=1S/C17H25N3O3S/c1-3-19(4-2)24(22,23)20-14-12-18(13-15-20)17(21)11-10-16-8-6-5-7-9-16/h5-11H,3-4,12-15H2,1-2H3/b11-10+. The van der Waals surface area contributed by atoms with Crippen molar-refractivity contribution in [2.45, 2.75) is 13.8 Å². The Morgan fingerprint density at radius 1 is 1.08 bits per heavy atom. The molecule has 0 aliphatic carbocycles. The van der Waals surface area contributed by atoms with Gasteiger partial charge in [-0.05, 0) is 11.6 Å². The predicted molar refractivity (Wildman–Crippen MR) is 95.5 cm³/mol. The molecule has 0 saturated carbocycles. The highest BCUT2D eigenvalue weighted by molar-refractivity contribution is 7.86. The van der Waals surface area contributed by atoms with Gasteiger partial charge in [0, 0.05) is 45.3 Å². The van der Waals surface area contributed by atoms with E-state index in [0.717, 1.165) is 5.56 Å². The maximum Gasteiger partial charge on any atom is 0.282 e. The van der Waals surface area contributed by atoms with E-state index < -0.39 is 10.2 Å². The third-order valence-corrected chi connectivity index (χ3v) is 6.31. The van der Waals surface area contributed by atoms with Crippen molar-refractivity contribution >= 4 is 22.2 Å². The fourth-order valence-electron chi connectivity index (χ4n) is 2.69. The fourth-order valence-corrected chi connectivity index (χ4v) is 4.29. The highest BCUT2D eigenvalue weighted by Crippen LogP contribution is 2.12. The van der Waals surface area contributed by atoms with Crippen LogP contribution in [0.4, 0.5) is 0 Å². The van der Waals surface area contributed by atoms with E-state index in [1.807, 2.05) is 44.2 Å². The van der Waals surface area contributed by atoms with Crippen molar-refractivity contribution in [3.05, 3.63) is 42.0 Å². The Bertz CT molecular complexity index is 662. The topological polar surface area (TPSA) is 60.9 Å². The average molecular weight is 351 g/mol. The van der Waals surface area contributed by atoms with Crippen molar-refractivity contribution in [1.82, 2.24) is 13.5 Å². The third kappa shape index (κ3) is 4.43. The van der Waals surface area contributed by atoms with Crippen LogP contribution in [0, 0.1) is 0 Å². The number of carbonyl (C=O) groups is 1. The Hall–Kier alpha value is -1.70. The molecule has 1 heterocycles. The molecule has 0 N–H and O–H groups in total. The zero-order chi connectivity index (χ0) is 17.6. The molecule has 0 spiro atoms. The van der Waals surface area contributed by atoms with Gasteiger partial charge in [-0.15, -0.1) is 0 Å². The van der Waals surface area contributed by atoms with Gasteiger partial charge in [0.25, 0.3) is 10.2 Å². The first-order valence-corrected chi connectivity index (χ1v) is 9.66. The zero-order valence-electron chi connectivity index (χ0n) is 14.3. The Balaban J connectivity index is 1.93. The summed E-state index contributed by atoms with van der Waals surface area (Å²) in [5.74, 6) is -0.0845. The number of hydrogen-bond donors (Lipinski definition) is 0. The largest absolute Gasteiger partial charge is 0.337 e. The second-order valence-corrected chi connectivity index (χ2v) is 7.49. The lowest BCUT2D eigenvalue weighted by Crippen LogP contribution is -2.53. The number of rotatable bonds is 6. The molecule has 1 aliphatic rings. The maximum atomic E-state index is 12.5. The van der Waals surface area contributed by atoms with Gasteiger partial charge in [0.15, 0.2) is 0 Å². The molecule has 0 unspecified atom stereocenters. The van der Waals surface area contributed by atoms with Gasteiger partial charge in [0.2, 0.25) is 5.91 Å². The Morgan fingerprint density at radius 2 is 1.67 bits per heavy atom. The molecule has 132 valence electrons. The van der Waals surface area contributed by atoms with Gasteiger partial charge in [-0.25, -0.2) is 0 Å². The van der Waals surface area contributed by atoms with Crippen LogP contribution < -0.4 is 0 Å². The van der Waals surface area contributed by atoms with Gasteiger partial charge < -0.3 is 4.90 Å². The first kappa shape index (κ1) is 18.6. The van der Waals surface area contributed by atoms with Crippen molar-refractivity contribution in [1.29, 1.82) is 0 Å². The minimum absolute atomic E-state index is 0.0845. The van der Waals surface area contributed by atoms with E-state index in [2.05, 4.69) is 0 Å². The van der Waals surface area contributed by atoms with Crippen LogP contribution in [-0.2, 0) is 15.0 Å². The first-order valence-electron chi connectivity index (χ1n) is 8.26. The van der Waals surface area contributed by atoms with Crippen molar-refractivity contribution < 1.29 is 13.2 Å². The minimum atomic E-state index is -3.42. The van der Waals surface area contributed by atoms with E-state index >= 15 is 0 Å². The summed E-state index contributed by atoms with van der Waals surface area (Å²) in [6.45, 7) is 6.07. The van der Waals surface area contributed by atoms with E-state index in [1.165, 1.54) is 8.61 Å². The van der Waals surface area contributed by atoms with Gasteiger partial charge in [-0.2, -0.15) is 17.0 Å². The summed E-state index contributed by atoms with van der Waals surface area (Å²) in [4.78, 5) is 13.9. The van der Waals surface area contributed by atoms with Crippen LogP contribution in [0.5, 0.6) is 0 Å². The molecule has 1 aromatic rings. The highest BCUT2D eigenvalue weighted by Gasteiger charge is 2.31. The second kappa shape index (κ2) is 8.41. The van der Waals surface area contributed by atoms with Crippen LogP contribution >= 0.6 is 0 Å². The Morgan fingerprint density at radius 3 is 2.21 bits per heavy atom. The number of carbonyl (C=O) groups excluding carboxylic acids is 1. The summed E-state index contributed by atoms with van der Waals surface area (Å²) in [6.07, 6.45) is 3.32. The van der Waals surface area contributed by atoms with Crippen LogP contribution in [0.1, 0.15) is 19.4 Å².